The Hall–Kier alpha value is -1.95. The van der Waals surface area contributed by atoms with Crippen molar-refractivity contribution in [3.63, 3.8) is 0 Å². The lowest BCUT2D eigenvalue weighted by molar-refractivity contribution is -0.384. The van der Waals surface area contributed by atoms with Gasteiger partial charge in [-0.3, -0.25) is 14.9 Å². The minimum Gasteiger partial charge on any atom is -0.349 e. The minimum absolute atomic E-state index is 0.0639. The molecule has 0 aromatic heterocycles. The van der Waals surface area contributed by atoms with Gasteiger partial charge in [0.1, 0.15) is 0 Å². The third kappa shape index (κ3) is 3.29. The Labute approximate surface area is 111 Å². The summed E-state index contributed by atoms with van der Waals surface area (Å²) in [6, 6.07) is 5.92. The highest BCUT2D eigenvalue weighted by Crippen LogP contribution is 2.15. The number of non-ortho nitro benzene ring substituents is 1. The van der Waals surface area contributed by atoms with E-state index in [9.17, 15) is 14.9 Å². The number of hydrogen-bond acceptors (Lipinski definition) is 4. The number of carbonyl (C=O) groups excluding carboxylic acids is 1. The Kier molecular flexibility index (Phi) is 4.11. The van der Waals surface area contributed by atoms with Crippen LogP contribution in [0.15, 0.2) is 24.3 Å². The fraction of sp³-hybridized carbons (Fsp3) is 0.462. The molecule has 1 fully saturated rings. The van der Waals surface area contributed by atoms with Crippen molar-refractivity contribution in [2.24, 2.45) is 5.92 Å². The first kappa shape index (κ1) is 13.5. The normalized spacial score (nSPS) is 22.8. The van der Waals surface area contributed by atoms with Crippen molar-refractivity contribution in [2.75, 3.05) is 13.1 Å². The van der Waals surface area contributed by atoms with Gasteiger partial charge in [0.2, 0.25) is 0 Å². The maximum Gasteiger partial charge on any atom is 0.270 e. The van der Waals surface area contributed by atoms with E-state index in [1.165, 1.54) is 18.2 Å². The van der Waals surface area contributed by atoms with Gasteiger partial charge in [-0.05, 0) is 31.5 Å². The molecule has 0 radical (unpaired) electrons. The van der Waals surface area contributed by atoms with Crippen molar-refractivity contribution in [3.8, 4) is 0 Å². The highest BCUT2D eigenvalue weighted by atomic mass is 16.6. The van der Waals surface area contributed by atoms with Gasteiger partial charge in [-0.25, -0.2) is 0 Å². The van der Waals surface area contributed by atoms with E-state index >= 15 is 0 Å². The number of hydrogen-bond donors (Lipinski definition) is 2. The molecule has 102 valence electrons. The van der Waals surface area contributed by atoms with Gasteiger partial charge in [-0.15, -0.1) is 0 Å². The van der Waals surface area contributed by atoms with Gasteiger partial charge >= 0.3 is 0 Å². The van der Waals surface area contributed by atoms with E-state index in [1.54, 1.807) is 6.07 Å². The molecule has 2 atom stereocenters. The van der Waals surface area contributed by atoms with Crippen molar-refractivity contribution in [3.05, 3.63) is 39.9 Å². The van der Waals surface area contributed by atoms with Crippen molar-refractivity contribution in [1.29, 1.82) is 0 Å². The molecule has 1 aliphatic rings. The fourth-order valence-electron chi connectivity index (χ4n) is 2.24. The zero-order chi connectivity index (χ0) is 13.8. The third-order valence-electron chi connectivity index (χ3n) is 3.42. The lowest BCUT2D eigenvalue weighted by atomic mass is 9.95. The number of nitrogens with one attached hydrogen (secondary N) is 2. The summed E-state index contributed by atoms with van der Waals surface area (Å²) in [6.45, 7) is 3.83. The number of amides is 1. The van der Waals surface area contributed by atoms with Crippen molar-refractivity contribution in [1.82, 2.24) is 10.6 Å². The van der Waals surface area contributed by atoms with Gasteiger partial charge in [-0.2, -0.15) is 0 Å². The average Bonchev–Trinajstić information content (AvgIpc) is 2.41. The summed E-state index contributed by atoms with van der Waals surface area (Å²) in [6.07, 6.45) is 0.877. The predicted molar refractivity (Wildman–Crippen MR) is 71.0 cm³/mol. The monoisotopic (exact) mass is 263 g/mol. The number of nitro groups is 1. The van der Waals surface area contributed by atoms with E-state index < -0.39 is 4.92 Å². The Balaban J connectivity index is 2.07. The molecule has 0 aliphatic carbocycles. The number of nitrogens with zero attached hydrogens (tertiary/aromatic N) is 1. The predicted octanol–water partition coefficient (Wildman–Crippen LogP) is 1.32. The molecule has 1 saturated heterocycles. The maximum atomic E-state index is 12.1. The Morgan fingerprint density at radius 2 is 2.32 bits per heavy atom. The van der Waals surface area contributed by atoms with Crippen molar-refractivity contribution in [2.45, 2.75) is 19.4 Å². The second-order valence-corrected chi connectivity index (χ2v) is 4.86. The lowest BCUT2D eigenvalue weighted by Gasteiger charge is -2.30. The zero-order valence-corrected chi connectivity index (χ0v) is 10.8. The first-order chi connectivity index (χ1) is 9.08. The minimum atomic E-state index is -0.496. The number of carbonyl (C=O) groups is 1. The van der Waals surface area contributed by atoms with Crippen LogP contribution in [0.4, 0.5) is 5.69 Å². The second-order valence-electron chi connectivity index (χ2n) is 4.86. The van der Waals surface area contributed by atoms with Crippen LogP contribution in [0.5, 0.6) is 0 Å². The van der Waals surface area contributed by atoms with Gasteiger partial charge in [0, 0.05) is 23.7 Å². The highest BCUT2D eigenvalue weighted by molar-refractivity contribution is 5.95. The molecule has 2 rings (SSSR count). The number of nitro benzene ring substituents is 1. The topological polar surface area (TPSA) is 84.3 Å². The van der Waals surface area contributed by atoms with E-state index in [0.717, 1.165) is 19.5 Å². The molecule has 2 N–H and O–H groups in total. The Morgan fingerprint density at radius 1 is 1.53 bits per heavy atom. The van der Waals surface area contributed by atoms with E-state index in [4.69, 9.17) is 0 Å². The summed E-state index contributed by atoms with van der Waals surface area (Å²) >= 11 is 0. The van der Waals surface area contributed by atoms with Crippen molar-refractivity contribution >= 4 is 11.6 Å². The summed E-state index contributed by atoms with van der Waals surface area (Å²) in [5, 5.41) is 16.9. The van der Waals surface area contributed by atoms with Gasteiger partial charge in [0.15, 0.2) is 0 Å². The summed E-state index contributed by atoms with van der Waals surface area (Å²) in [5.41, 5.74) is 0.269. The standard InChI is InChI=1S/C13H17N3O3/c1-9-8-14-6-5-12(9)15-13(17)10-3-2-4-11(7-10)16(18)19/h2-4,7,9,12,14H,5-6,8H2,1H3,(H,15,17). The van der Waals surface area contributed by atoms with Crippen LogP contribution < -0.4 is 10.6 Å². The first-order valence-corrected chi connectivity index (χ1v) is 6.34. The van der Waals surface area contributed by atoms with Gasteiger partial charge in [0.25, 0.3) is 11.6 Å². The van der Waals surface area contributed by atoms with Gasteiger partial charge < -0.3 is 10.6 Å². The first-order valence-electron chi connectivity index (χ1n) is 6.34. The van der Waals surface area contributed by atoms with Crippen LogP contribution in [0.1, 0.15) is 23.7 Å². The molecule has 0 saturated carbocycles. The summed E-state index contributed by atoms with van der Waals surface area (Å²) in [5.74, 6) is 0.110. The number of rotatable bonds is 3. The average molecular weight is 263 g/mol. The van der Waals surface area contributed by atoms with Crippen LogP contribution in [0, 0.1) is 16.0 Å². The molecule has 1 heterocycles. The van der Waals surface area contributed by atoms with Crippen LogP contribution in [0.2, 0.25) is 0 Å². The highest BCUT2D eigenvalue weighted by Gasteiger charge is 2.23. The molecular weight excluding hydrogens is 246 g/mol. The summed E-state index contributed by atoms with van der Waals surface area (Å²) in [7, 11) is 0. The van der Waals surface area contributed by atoms with Crippen LogP contribution >= 0.6 is 0 Å². The second kappa shape index (κ2) is 5.79. The van der Waals surface area contributed by atoms with E-state index in [0.29, 0.717) is 11.5 Å². The third-order valence-corrected chi connectivity index (χ3v) is 3.42. The molecular formula is C13H17N3O3. The van der Waals surface area contributed by atoms with Crippen molar-refractivity contribution < 1.29 is 9.72 Å². The maximum absolute atomic E-state index is 12.1. The van der Waals surface area contributed by atoms with E-state index in [-0.39, 0.29) is 17.6 Å². The molecule has 19 heavy (non-hydrogen) atoms. The molecule has 0 spiro atoms. The van der Waals surface area contributed by atoms with Crippen LogP contribution in [0.25, 0.3) is 0 Å². The Morgan fingerprint density at radius 3 is 3.00 bits per heavy atom. The zero-order valence-electron chi connectivity index (χ0n) is 10.8. The quantitative estimate of drug-likeness (QED) is 0.636. The molecule has 1 aromatic carbocycles. The van der Waals surface area contributed by atoms with E-state index in [1.807, 2.05) is 0 Å². The fourth-order valence-corrected chi connectivity index (χ4v) is 2.24. The van der Waals surface area contributed by atoms with Crippen LogP contribution in [-0.4, -0.2) is 30.0 Å². The number of piperidine rings is 1. The Bertz CT molecular complexity index is 490. The number of benzene rings is 1. The SMILES string of the molecule is CC1CNCCC1NC(=O)c1cccc([N+](=O)[O-])c1. The molecule has 1 aromatic rings. The molecule has 6 nitrogen and oxygen atoms in total. The largest absolute Gasteiger partial charge is 0.349 e. The van der Waals surface area contributed by atoms with Gasteiger partial charge in [-0.1, -0.05) is 13.0 Å². The molecule has 1 amide bonds. The molecule has 6 heteroatoms. The lowest BCUT2D eigenvalue weighted by Crippen LogP contribution is -2.48. The molecule has 2 unspecified atom stereocenters. The van der Waals surface area contributed by atoms with Crippen LogP contribution in [-0.2, 0) is 0 Å². The molecule has 1 aliphatic heterocycles. The van der Waals surface area contributed by atoms with E-state index in [2.05, 4.69) is 17.6 Å². The summed E-state index contributed by atoms with van der Waals surface area (Å²) in [4.78, 5) is 22.3. The smallest absolute Gasteiger partial charge is 0.270 e. The van der Waals surface area contributed by atoms with Crippen LogP contribution in [0.3, 0.4) is 0 Å². The molecule has 0 bridgehead atoms. The summed E-state index contributed by atoms with van der Waals surface area (Å²) < 4.78 is 0. The van der Waals surface area contributed by atoms with Gasteiger partial charge in [0.05, 0.1) is 4.92 Å².